The van der Waals surface area contributed by atoms with Crippen LogP contribution in [0.2, 0.25) is 0 Å². The van der Waals surface area contributed by atoms with Crippen molar-refractivity contribution in [1.82, 2.24) is 4.98 Å². The Morgan fingerprint density at radius 2 is 2.16 bits per heavy atom. The second kappa shape index (κ2) is 7.34. The summed E-state index contributed by atoms with van der Waals surface area (Å²) < 4.78 is 5.02. The van der Waals surface area contributed by atoms with Gasteiger partial charge in [-0.1, -0.05) is 12.1 Å². The summed E-state index contributed by atoms with van der Waals surface area (Å²) in [6.45, 7) is 0. The fraction of sp³-hybridized carbons (Fsp3) is 0.316. The van der Waals surface area contributed by atoms with E-state index in [1.165, 1.54) is 0 Å². The molecule has 0 spiro atoms. The highest BCUT2D eigenvalue weighted by Crippen LogP contribution is 2.24. The van der Waals surface area contributed by atoms with Gasteiger partial charge in [0.25, 0.3) is 0 Å². The van der Waals surface area contributed by atoms with Crippen LogP contribution in [0.4, 0.5) is 11.4 Å². The number of hydrogen-bond donors (Lipinski definition) is 1. The lowest BCUT2D eigenvalue weighted by Crippen LogP contribution is -2.26. The highest BCUT2D eigenvalue weighted by molar-refractivity contribution is 5.99. The van der Waals surface area contributed by atoms with Gasteiger partial charge in [-0.3, -0.25) is 9.59 Å². The lowest BCUT2D eigenvalue weighted by atomic mass is 10.0. The van der Waals surface area contributed by atoms with E-state index in [1.807, 2.05) is 18.2 Å². The summed E-state index contributed by atoms with van der Waals surface area (Å²) >= 11 is 0. The molecule has 0 radical (unpaired) electrons. The second-order valence-electron chi connectivity index (χ2n) is 6.08. The topological polar surface area (TPSA) is 71.5 Å². The third kappa shape index (κ3) is 3.96. The van der Waals surface area contributed by atoms with Crippen LogP contribution in [-0.2, 0) is 22.4 Å². The summed E-state index contributed by atoms with van der Waals surface area (Å²) in [6.07, 6.45) is 4.09. The molecule has 1 aliphatic rings. The minimum Gasteiger partial charge on any atom is -0.481 e. The smallest absolute Gasteiger partial charge is 0.228 e. The van der Waals surface area contributed by atoms with Crippen molar-refractivity contribution in [2.75, 3.05) is 24.4 Å². The Hall–Kier alpha value is -2.89. The molecule has 0 fully saturated rings. The number of rotatable bonds is 6. The van der Waals surface area contributed by atoms with E-state index < -0.39 is 0 Å². The predicted molar refractivity (Wildman–Crippen MR) is 95.9 cm³/mol. The van der Waals surface area contributed by atoms with Gasteiger partial charge in [0.15, 0.2) is 0 Å². The van der Waals surface area contributed by atoms with Crippen LogP contribution in [0.15, 0.2) is 36.5 Å². The van der Waals surface area contributed by atoms with Gasteiger partial charge in [-0.15, -0.1) is 0 Å². The molecular weight excluding hydrogens is 318 g/mol. The molecule has 25 heavy (non-hydrogen) atoms. The number of anilines is 2. The summed E-state index contributed by atoms with van der Waals surface area (Å²) in [6, 6.07) is 9.54. The molecule has 2 amide bonds. The van der Waals surface area contributed by atoms with E-state index in [0.717, 1.165) is 35.3 Å². The number of nitrogens with one attached hydrogen (secondary N) is 1. The van der Waals surface area contributed by atoms with Gasteiger partial charge in [-0.05, 0) is 36.1 Å². The van der Waals surface area contributed by atoms with Crippen molar-refractivity contribution in [3.63, 3.8) is 0 Å². The number of fused-ring (bicyclic) bond motifs is 1. The number of ether oxygens (including phenoxy) is 1. The molecule has 0 atom stereocenters. The number of hydrogen-bond acceptors (Lipinski definition) is 4. The third-order valence-corrected chi connectivity index (χ3v) is 4.34. The number of carbonyl (C=O) groups is 2. The second-order valence-corrected chi connectivity index (χ2v) is 6.08. The molecule has 3 rings (SSSR count). The van der Waals surface area contributed by atoms with Crippen LogP contribution in [0.3, 0.4) is 0 Å². The fourth-order valence-electron chi connectivity index (χ4n) is 2.89. The van der Waals surface area contributed by atoms with Crippen LogP contribution >= 0.6 is 0 Å². The normalized spacial score (nSPS) is 12.5. The van der Waals surface area contributed by atoms with Crippen LogP contribution in [-0.4, -0.2) is 31.0 Å². The maximum atomic E-state index is 12.3. The maximum absolute atomic E-state index is 12.3. The zero-order valence-electron chi connectivity index (χ0n) is 14.4. The predicted octanol–water partition coefficient (Wildman–Crippen LogP) is 2.57. The van der Waals surface area contributed by atoms with Gasteiger partial charge in [0.1, 0.15) is 0 Å². The molecule has 0 saturated heterocycles. The SMILES string of the molecule is COc1ccc(N(C)C(=O)CCCc2ccc3c(c2)CC(=O)N3)cn1. The number of pyridine rings is 1. The zero-order chi connectivity index (χ0) is 17.8. The molecule has 1 aromatic carbocycles. The minimum atomic E-state index is 0.0389. The Bertz CT molecular complexity index is 787. The highest BCUT2D eigenvalue weighted by Gasteiger charge is 2.17. The van der Waals surface area contributed by atoms with Crippen molar-refractivity contribution in [3.05, 3.63) is 47.7 Å². The number of carbonyl (C=O) groups excluding carboxylic acids is 2. The van der Waals surface area contributed by atoms with Gasteiger partial charge in [0, 0.05) is 25.2 Å². The van der Waals surface area contributed by atoms with Gasteiger partial charge in [0.2, 0.25) is 17.7 Å². The lowest BCUT2D eigenvalue weighted by molar-refractivity contribution is -0.118. The van der Waals surface area contributed by atoms with Gasteiger partial charge in [0.05, 0.1) is 25.4 Å². The standard InChI is InChI=1S/C19H21N3O3/c1-22(15-7-9-18(25-2)20-12-15)19(24)5-3-4-13-6-8-16-14(10-13)11-17(23)21-16/h6-10,12H,3-5,11H2,1-2H3,(H,21,23). The lowest BCUT2D eigenvalue weighted by Gasteiger charge is -2.17. The molecule has 1 N–H and O–H groups in total. The average Bonchev–Trinajstić information content (AvgIpc) is 3.00. The van der Waals surface area contributed by atoms with Gasteiger partial charge >= 0.3 is 0 Å². The summed E-state index contributed by atoms with van der Waals surface area (Å²) in [4.78, 5) is 29.4. The highest BCUT2D eigenvalue weighted by atomic mass is 16.5. The van der Waals surface area contributed by atoms with Crippen molar-refractivity contribution in [3.8, 4) is 5.88 Å². The van der Waals surface area contributed by atoms with Crippen LogP contribution in [0.25, 0.3) is 0 Å². The molecular formula is C19H21N3O3. The van der Waals surface area contributed by atoms with Crippen LogP contribution in [0.1, 0.15) is 24.0 Å². The largest absolute Gasteiger partial charge is 0.481 e. The van der Waals surface area contributed by atoms with E-state index in [9.17, 15) is 9.59 Å². The molecule has 0 unspecified atom stereocenters. The van der Waals surface area contributed by atoms with Crippen molar-refractivity contribution in [2.45, 2.75) is 25.7 Å². The van der Waals surface area contributed by atoms with E-state index >= 15 is 0 Å². The molecule has 6 nitrogen and oxygen atoms in total. The Morgan fingerprint density at radius 3 is 2.88 bits per heavy atom. The quantitative estimate of drug-likeness (QED) is 0.878. The number of benzene rings is 1. The number of methoxy groups -OCH3 is 1. The maximum Gasteiger partial charge on any atom is 0.228 e. The molecule has 0 aliphatic carbocycles. The van der Waals surface area contributed by atoms with E-state index in [4.69, 9.17) is 4.74 Å². The first kappa shape index (κ1) is 17.0. The molecule has 0 bridgehead atoms. The Balaban J connectivity index is 1.52. The van der Waals surface area contributed by atoms with Crippen LogP contribution < -0.4 is 15.0 Å². The molecule has 2 heterocycles. The molecule has 1 aromatic heterocycles. The van der Waals surface area contributed by atoms with Gasteiger partial charge < -0.3 is 15.0 Å². The third-order valence-electron chi connectivity index (χ3n) is 4.34. The van der Waals surface area contributed by atoms with Crippen LogP contribution in [0, 0.1) is 0 Å². The summed E-state index contributed by atoms with van der Waals surface area (Å²) in [5, 5.41) is 2.83. The van der Waals surface area contributed by atoms with Gasteiger partial charge in [-0.25, -0.2) is 4.98 Å². The fourth-order valence-corrected chi connectivity index (χ4v) is 2.89. The van der Waals surface area contributed by atoms with Gasteiger partial charge in [-0.2, -0.15) is 0 Å². The van der Waals surface area contributed by atoms with Crippen LogP contribution in [0.5, 0.6) is 5.88 Å². The zero-order valence-corrected chi connectivity index (χ0v) is 14.4. The first-order valence-corrected chi connectivity index (χ1v) is 8.25. The molecule has 6 heteroatoms. The number of aromatic nitrogens is 1. The molecule has 130 valence electrons. The average molecular weight is 339 g/mol. The van der Waals surface area contributed by atoms with E-state index in [-0.39, 0.29) is 11.8 Å². The minimum absolute atomic E-state index is 0.0389. The van der Waals surface area contributed by atoms with Crippen molar-refractivity contribution >= 4 is 23.2 Å². The first-order chi connectivity index (χ1) is 12.1. The van der Waals surface area contributed by atoms with E-state index in [2.05, 4.69) is 16.4 Å². The number of nitrogens with zero attached hydrogens (tertiary/aromatic N) is 2. The number of aryl methyl sites for hydroxylation is 1. The van der Waals surface area contributed by atoms with Crippen molar-refractivity contribution in [1.29, 1.82) is 0 Å². The summed E-state index contributed by atoms with van der Waals surface area (Å²) in [5.41, 5.74) is 3.83. The first-order valence-electron chi connectivity index (χ1n) is 8.25. The Morgan fingerprint density at radius 1 is 1.32 bits per heavy atom. The van der Waals surface area contributed by atoms with Crippen molar-refractivity contribution < 1.29 is 14.3 Å². The van der Waals surface area contributed by atoms with Crippen molar-refractivity contribution in [2.24, 2.45) is 0 Å². The molecule has 0 saturated carbocycles. The monoisotopic (exact) mass is 339 g/mol. The van der Waals surface area contributed by atoms with E-state index in [0.29, 0.717) is 18.7 Å². The summed E-state index contributed by atoms with van der Waals surface area (Å²) in [5.74, 6) is 0.608. The Kier molecular flexibility index (Phi) is 4.97. The van der Waals surface area contributed by atoms with E-state index in [1.54, 1.807) is 31.3 Å². The number of amides is 2. The summed E-state index contributed by atoms with van der Waals surface area (Å²) in [7, 11) is 3.31. The molecule has 1 aliphatic heterocycles. The molecule has 2 aromatic rings. The Labute approximate surface area is 146 Å².